The van der Waals surface area contributed by atoms with Gasteiger partial charge in [0.25, 0.3) is 0 Å². The van der Waals surface area contributed by atoms with E-state index in [1.54, 1.807) is 18.2 Å². The Morgan fingerprint density at radius 2 is 1.52 bits per heavy atom. The minimum atomic E-state index is -0.214. The Labute approximate surface area is 146 Å². The monoisotopic (exact) mass is 339 g/mol. The molecule has 0 heterocycles. The number of amides is 2. The fourth-order valence-corrected chi connectivity index (χ4v) is 2.41. The molecule has 0 fully saturated rings. The lowest BCUT2D eigenvalue weighted by molar-refractivity contribution is -0.115. The molecular formula is C18H21N5O2. The van der Waals surface area contributed by atoms with Crippen LogP contribution in [0, 0.1) is 13.8 Å². The summed E-state index contributed by atoms with van der Waals surface area (Å²) in [5.41, 5.74) is 10.5. The number of anilines is 3. The van der Waals surface area contributed by atoms with Gasteiger partial charge in [0.05, 0.1) is 11.4 Å². The maximum atomic E-state index is 11.3. The van der Waals surface area contributed by atoms with Crippen LogP contribution in [-0.4, -0.2) is 11.8 Å². The van der Waals surface area contributed by atoms with Crippen molar-refractivity contribution in [1.82, 2.24) is 0 Å². The molecule has 7 heteroatoms. The smallest absolute Gasteiger partial charge is 0.221 e. The van der Waals surface area contributed by atoms with Crippen molar-refractivity contribution in [1.29, 1.82) is 0 Å². The third-order valence-electron chi connectivity index (χ3n) is 3.42. The average Bonchev–Trinajstić information content (AvgIpc) is 2.49. The first kappa shape index (κ1) is 18.1. The van der Waals surface area contributed by atoms with Gasteiger partial charge in [-0.1, -0.05) is 0 Å². The zero-order valence-corrected chi connectivity index (χ0v) is 14.7. The number of nitrogens with two attached hydrogens (primary N) is 1. The predicted molar refractivity (Wildman–Crippen MR) is 99.6 cm³/mol. The summed E-state index contributed by atoms with van der Waals surface area (Å²) in [6, 6.07) is 8.67. The van der Waals surface area contributed by atoms with E-state index in [2.05, 4.69) is 20.9 Å². The van der Waals surface area contributed by atoms with Crippen LogP contribution in [0.1, 0.15) is 25.0 Å². The van der Waals surface area contributed by atoms with Crippen molar-refractivity contribution in [2.75, 3.05) is 16.4 Å². The number of aryl methyl sites for hydroxylation is 2. The molecule has 0 bridgehead atoms. The zero-order valence-electron chi connectivity index (χ0n) is 14.7. The molecule has 2 amide bonds. The predicted octanol–water partition coefficient (Wildman–Crippen LogP) is 4.22. The van der Waals surface area contributed by atoms with Gasteiger partial charge in [0, 0.05) is 25.2 Å². The number of carbonyl (C=O) groups is 2. The van der Waals surface area contributed by atoms with E-state index >= 15 is 0 Å². The Balaban J connectivity index is 2.34. The van der Waals surface area contributed by atoms with E-state index in [0.29, 0.717) is 22.7 Å². The number of hydrogen-bond donors (Lipinski definition) is 3. The molecule has 0 atom stereocenters. The molecule has 0 aliphatic heterocycles. The summed E-state index contributed by atoms with van der Waals surface area (Å²) in [6.45, 7) is 6.67. The molecule has 25 heavy (non-hydrogen) atoms. The SMILES string of the molecule is CC(=O)Nc1cc(N)ccc1N=Nc1cc(C)c(NC(C)=O)c(C)c1. The van der Waals surface area contributed by atoms with E-state index in [0.717, 1.165) is 16.8 Å². The number of carbonyl (C=O) groups excluding carboxylic acids is 2. The molecule has 0 spiro atoms. The summed E-state index contributed by atoms with van der Waals surface area (Å²) >= 11 is 0. The minimum Gasteiger partial charge on any atom is -0.399 e. The van der Waals surface area contributed by atoms with Crippen LogP contribution >= 0.6 is 0 Å². The van der Waals surface area contributed by atoms with Crippen LogP contribution in [0.3, 0.4) is 0 Å². The van der Waals surface area contributed by atoms with Gasteiger partial charge >= 0.3 is 0 Å². The van der Waals surface area contributed by atoms with Crippen LogP contribution in [0.2, 0.25) is 0 Å². The first-order valence-electron chi connectivity index (χ1n) is 7.74. The number of nitrogens with one attached hydrogen (secondary N) is 2. The molecule has 4 N–H and O–H groups in total. The van der Waals surface area contributed by atoms with Gasteiger partial charge in [-0.2, -0.15) is 5.11 Å². The van der Waals surface area contributed by atoms with Crippen molar-refractivity contribution in [3.8, 4) is 0 Å². The lowest BCUT2D eigenvalue weighted by atomic mass is 10.1. The molecule has 0 aliphatic carbocycles. The van der Waals surface area contributed by atoms with E-state index in [4.69, 9.17) is 5.73 Å². The van der Waals surface area contributed by atoms with Crippen molar-refractivity contribution >= 4 is 40.3 Å². The molecule has 2 aromatic carbocycles. The summed E-state index contributed by atoms with van der Waals surface area (Å²) in [5, 5.41) is 13.9. The summed E-state index contributed by atoms with van der Waals surface area (Å²) in [4.78, 5) is 22.6. The maximum absolute atomic E-state index is 11.3. The highest BCUT2D eigenvalue weighted by Crippen LogP contribution is 2.31. The first-order valence-corrected chi connectivity index (χ1v) is 7.74. The second-order valence-electron chi connectivity index (χ2n) is 5.79. The summed E-state index contributed by atoms with van der Waals surface area (Å²) in [5.74, 6) is -0.337. The molecule has 0 radical (unpaired) electrons. The normalized spacial score (nSPS) is 10.7. The van der Waals surface area contributed by atoms with E-state index in [1.165, 1.54) is 13.8 Å². The van der Waals surface area contributed by atoms with Gasteiger partial charge in [-0.25, -0.2) is 0 Å². The highest BCUT2D eigenvalue weighted by atomic mass is 16.2. The molecule has 7 nitrogen and oxygen atoms in total. The number of nitrogens with zero attached hydrogens (tertiary/aromatic N) is 2. The Kier molecular flexibility index (Phi) is 5.49. The van der Waals surface area contributed by atoms with Crippen LogP contribution in [0.15, 0.2) is 40.6 Å². The third-order valence-corrected chi connectivity index (χ3v) is 3.42. The Bertz CT molecular complexity index is 836. The third kappa shape index (κ3) is 4.87. The number of rotatable bonds is 4. The second-order valence-corrected chi connectivity index (χ2v) is 5.79. The van der Waals surface area contributed by atoms with Crippen molar-refractivity contribution < 1.29 is 9.59 Å². The quantitative estimate of drug-likeness (QED) is 0.573. The molecule has 0 saturated heterocycles. The standard InChI is InChI=1S/C18H21N5O2/c1-10-7-15(8-11(2)18(10)21-13(4)25)22-23-16-6-5-14(19)9-17(16)20-12(3)24/h5-9H,19H2,1-4H3,(H,20,24)(H,21,25). The lowest BCUT2D eigenvalue weighted by Crippen LogP contribution is -2.08. The molecule has 0 unspecified atom stereocenters. The van der Waals surface area contributed by atoms with E-state index in [-0.39, 0.29) is 11.8 Å². The molecule has 2 rings (SSSR count). The van der Waals surface area contributed by atoms with Gasteiger partial charge in [0.2, 0.25) is 11.8 Å². The molecule has 0 aliphatic rings. The average molecular weight is 339 g/mol. The van der Waals surface area contributed by atoms with Gasteiger partial charge in [0.15, 0.2) is 0 Å². The number of nitrogen functional groups attached to an aromatic ring is 1. The Morgan fingerprint density at radius 3 is 2.08 bits per heavy atom. The number of hydrogen-bond acceptors (Lipinski definition) is 5. The highest BCUT2D eigenvalue weighted by Gasteiger charge is 2.08. The number of azo groups is 1. The highest BCUT2D eigenvalue weighted by molar-refractivity contribution is 5.93. The van der Waals surface area contributed by atoms with Crippen molar-refractivity contribution in [3.05, 3.63) is 41.5 Å². The van der Waals surface area contributed by atoms with E-state index in [1.807, 2.05) is 26.0 Å². The van der Waals surface area contributed by atoms with Gasteiger partial charge in [-0.3, -0.25) is 9.59 Å². The van der Waals surface area contributed by atoms with Crippen molar-refractivity contribution in [2.24, 2.45) is 10.2 Å². The van der Waals surface area contributed by atoms with Crippen LogP contribution in [-0.2, 0) is 9.59 Å². The van der Waals surface area contributed by atoms with Crippen LogP contribution in [0.4, 0.5) is 28.4 Å². The van der Waals surface area contributed by atoms with Crippen molar-refractivity contribution in [2.45, 2.75) is 27.7 Å². The van der Waals surface area contributed by atoms with Gasteiger partial charge in [-0.15, -0.1) is 5.11 Å². The largest absolute Gasteiger partial charge is 0.399 e. The fourth-order valence-electron chi connectivity index (χ4n) is 2.41. The fraction of sp³-hybridized carbons (Fsp3) is 0.222. The minimum absolute atomic E-state index is 0.123. The molecule has 130 valence electrons. The second kappa shape index (κ2) is 7.57. The van der Waals surface area contributed by atoms with Gasteiger partial charge in [0.1, 0.15) is 5.69 Å². The van der Waals surface area contributed by atoms with Gasteiger partial charge in [-0.05, 0) is 55.3 Å². The summed E-state index contributed by atoms with van der Waals surface area (Å²) < 4.78 is 0. The van der Waals surface area contributed by atoms with Crippen LogP contribution in [0.25, 0.3) is 0 Å². The van der Waals surface area contributed by atoms with Crippen LogP contribution in [0.5, 0.6) is 0 Å². The summed E-state index contributed by atoms with van der Waals surface area (Å²) in [6.07, 6.45) is 0. The Morgan fingerprint density at radius 1 is 0.920 bits per heavy atom. The maximum Gasteiger partial charge on any atom is 0.221 e. The van der Waals surface area contributed by atoms with Gasteiger partial charge < -0.3 is 16.4 Å². The molecule has 0 aromatic heterocycles. The molecular weight excluding hydrogens is 318 g/mol. The van der Waals surface area contributed by atoms with Crippen LogP contribution < -0.4 is 16.4 Å². The molecule has 0 saturated carbocycles. The van der Waals surface area contributed by atoms with E-state index in [9.17, 15) is 9.59 Å². The zero-order chi connectivity index (χ0) is 18.6. The number of benzene rings is 2. The first-order chi connectivity index (χ1) is 11.8. The van der Waals surface area contributed by atoms with Crippen molar-refractivity contribution in [3.63, 3.8) is 0 Å². The summed E-state index contributed by atoms with van der Waals surface area (Å²) in [7, 11) is 0. The Hall–Kier alpha value is -3.22. The topological polar surface area (TPSA) is 109 Å². The lowest BCUT2D eigenvalue weighted by Gasteiger charge is -2.11. The van der Waals surface area contributed by atoms with E-state index < -0.39 is 0 Å². The molecule has 2 aromatic rings.